The van der Waals surface area contributed by atoms with Crippen LogP contribution in [-0.4, -0.2) is 18.6 Å². The molecule has 1 heterocycles. The van der Waals surface area contributed by atoms with E-state index in [4.69, 9.17) is 4.52 Å². The average Bonchev–Trinajstić information content (AvgIpc) is 2.72. The highest BCUT2D eigenvalue weighted by atomic mass is 32.2. The third kappa shape index (κ3) is 3.18. The highest BCUT2D eigenvalue weighted by molar-refractivity contribution is 7.89. The van der Waals surface area contributed by atoms with E-state index in [1.54, 1.807) is 26.0 Å². The van der Waals surface area contributed by atoms with Gasteiger partial charge in [0.15, 0.2) is 5.82 Å². The van der Waals surface area contributed by atoms with Crippen LogP contribution >= 0.6 is 0 Å². The van der Waals surface area contributed by atoms with Crippen molar-refractivity contribution in [2.45, 2.75) is 32.2 Å². The zero-order chi connectivity index (χ0) is 14.0. The number of aryl methyl sites for hydroxylation is 3. The van der Waals surface area contributed by atoms with E-state index in [-0.39, 0.29) is 17.3 Å². The third-order valence-corrected chi connectivity index (χ3v) is 4.16. The summed E-state index contributed by atoms with van der Waals surface area (Å²) < 4.78 is 31.6. The fraction of sp³-hybridized carbons (Fsp3) is 0.333. The zero-order valence-corrected chi connectivity index (χ0v) is 11.8. The lowest BCUT2D eigenvalue weighted by Gasteiger charge is -2.08. The molecule has 0 atom stereocenters. The summed E-state index contributed by atoms with van der Waals surface area (Å²) in [7, 11) is -3.57. The molecule has 0 radical (unpaired) electrons. The van der Waals surface area contributed by atoms with Crippen molar-refractivity contribution in [3.8, 4) is 0 Å². The maximum atomic E-state index is 12.1. The van der Waals surface area contributed by atoms with Crippen LogP contribution in [0.25, 0.3) is 0 Å². The van der Waals surface area contributed by atoms with Gasteiger partial charge in [0.25, 0.3) is 0 Å². The summed E-state index contributed by atoms with van der Waals surface area (Å²) >= 11 is 0. The van der Waals surface area contributed by atoms with Crippen LogP contribution in [0, 0.1) is 20.8 Å². The average molecular weight is 281 g/mol. The lowest BCUT2D eigenvalue weighted by molar-refractivity contribution is 0.372. The summed E-state index contributed by atoms with van der Waals surface area (Å²) in [5.41, 5.74) is 1.72. The normalized spacial score (nSPS) is 11.7. The number of rotatable bonds is 4. The molecule has 6 nitrogen and oxygen atoms in total. The van der Waals surface area contributed by atoms with E-state index in [0.29, 0.717) is 11.4 Å². The van der Waals surface area contributed by atoms with Crippen molar-refractivity contribution >= 4 is 10.0 Å². The van der Waals surface area contributed by atoms with Gasteiger partial charge in [-0.15, -0.1) is 0 Å². The summed E-state index contributed by atoms with van der Waals surface area (Å²) in [4.78, 5) is 4.20. The Morgan fingerprint density at radius 1 is 1.26 bits per heavy atom. The molecule has 0 aliphatic carbocycles. The first-order valence-electron chi connectivity index (χ1n) is 5.74. The van der Waals surface area contributed by atoms with Crippen LogP contribution in [0.15, 0.2) is 27.6 Å². The summed E-state index contributed by atoms with van der Waals surface area (Å²) in [5.74, 6) is 0.714. The standard InChI is InChI=1S/C12H15N3O3S/c1-8-4-5-11(9(2)6-8)19(16,17)13-7-12-14-10(3)15-18-12/h4-6,13H,7H2,1-3H3. The Hall–Kier alpha value is -1.73. The topological polar surface area (TPSA) is 85.1 Å². The highest BCUT2D eigenvalue weighted by Crippen LogP contribution is 2.16. The van der Waals surface area contributed by atoms with Gasteiger partial charge < -0.3 is 4.52 Å². The van der Waals surface area contributed by atoms with E-state index < -0.39 is 10.0 Å². The van der Waals surface area contributed by atoms with Gasteiger partial charge in [-0.05, 0) is 32.4 Å². The van der Waals surface area contributed by atoms with Crippen LogP contribution in [-0.2, 0) is 16.6 Å². The second kappa shape index (κ2) is 5.10. The fourth-order valence-electron chi connectivity index (χ4n) is 1.75. The van der Waals surface area contributed by atoms with Crippen molar-refractivity contribution in [3.05, 3.63) is 41.0 Å². The molecule has 102 valence electrons. The smallest absolute Gasteiger partial charge is 0.241 e. The Morgan fingerprint density at radius 2 is 2.00 bits per heavy atom. The number of hydrogen-bond acceptors (Lipinski definition) is 5. The van der Waals surface area contributed by atoms with Gasteiger partial charge in [-0.3, -0.25) is 0 Å². The number of nitrogens with one attached hydrogen (secondary N) is 1. The Labute approximate surface area is 111 Å². The van der Waals surface area contributed by atoms with Crippen LogP contribution in [0.5, 0.6) is 0 Å². The van der Waals surface area contributed by atoms with Crippen molar-refractivity contribution < 1.29 is 12.9 Å². The quantitative estimate of drug-likeness (QED) is 0.917. The second-order valence-electron chi connectivity index (χ2n) is 4.33. The van der Waals surface area contributed by atoms with E-state index >= 15 is 0 Å². The van der Waals surface area contributed by atoms with Gasteiger partial charge in [-0.2, -0.15) is 4.98 Å². The first-order valence-corrected chi connectivity index (χ1v) is 7.23. The lowest BCUT2D eigenvalue weighted by atomic mass is 10.2. The number of nitrogens with zero attached hydrogens (tertiary/aromatic N) is 2. The maximum absolute atomic E-state index is 12.1. The van der Waals surface area contributed by atoms with E-state index in [1.807, 2.05) is 13.0 Å². The van der Waals surface area contributed by atoms with Crippen LogP contribution in [0.3, 0.4) is 0 Å². The molecule has 2 aromatic rings. The molecule has 0 aliphatic heterocycles. The van der Waals surface area contributed by atoms with Gasteiger partial charge >= 0.3 is 0 Å². The van der Waals surface area contributed by atoms with Gasteiger partial charge in [-0.25, -0.2) is 13.1 Å². The highest BCUT2D eigenvalue weighted by Gasteiger charge is 2.17. The van der Waals surface area contributed by atoms with Crippen molar-refractivity contribution in [1.82, 2.24) is 14.9 Å². The number of sulfonamides is 1. The molecule has 2 rings (SSSR count). The van der Waals surface area contributed by atoms with E-state index in [9.17, 15) is 8.42 Å². The summed E-state index contributed by atoms with van der Waals surface area (Å²) in [6.07, 6.45) is 0. The molecule has 0 bridgehead atoms. The molecular weight excluding hydrogens is 266 g/mol. The SMILES string of the molecule is Cc1ccc(S(=O)(=O)NCc2nc(C)no2)c(C)c1. The fourth-order valence-corrected chi connectivity index (χ4v) is 2.95. The molecule has 0 amide bonds. The van der Waals surface area contributed by atoms with Crippen molar-refractivity contribution in [2.75, 3.05) is 0 Å². The Kier molecular flexibility index (Phi) is 3.68. The van der Waals surface area contributed by atoms with Crippen molar-refractivity contribution in [2.24, 2.45) is 0 Å². The molecule has 0 aliphatic rings. The predicted octanol–water partition coefficient (Wildman–Crippen LogP) is 1.47. The molecule has 0 saturated carbocycles. The second-order valence-corrected chi connectivity index (χ2v) is 6.06. The Bertz CT molecular complexity index is 692. The van der Waals surface area contributed by atoms with E-state index in [1.165, 1.54) is 0 Å². The molecule has 7 heteroatoms. The van der Waals surface area contributed by atoms with Gasteiger partial charge in [0.05, 0.1) is 11.4 Å². The first kappa shape index (κ1) is 13.7. The summed E-state index contributed by atoms with van der Waals surface area (Å²) in [6, 6.07) is 5.18. The zero-order valence-electron chi connectivity index (χ0n) is 11.0. The molecule has 1 aromatic heterocycles. The van der Waals surface area contributed by atoms with E-state index in [2.05, 4.69) is 14.9 Å². The molecular formula is C12H15N3O3S. The van der Waals surface area contributed by atoms with Gasteiger partial charge in [0, 0.05) is 0 Å². The first-order chi connectivity index (χ1) is 8.88. The van der Waals surface area contributed by atoms with Gasteiger partial charge in [0.1, 0.15) is 0 Å². The Morgan fingerprint density at radius 3 is 2.58 bits per heavy atom. The largest absolute Gasteiger partial charge is 0.338 e. The Balaban J connectivity index is 2.18. The molecule has 0 fully saturated rings. The minimum Gasteiger partial charge on any atom is -0.338 e. The summed E-state index contributed by atoms with van der Waals surface area (Å²) in [6.45, 7) is 5.33. The molecule has 19 heavy (non-hydrogen) atoms. The molecule has 1 N–H and O–H groups in total. The monoisotopic (exact) mass is 281 g/mol. The van der Waals surface area contributed by atoms with Crippen LogP contribution in [0.4, 0.5) is 0 Å². The van der Waals surface area contributed by atoms with Crippen LogP contribution in [0.2, 0.25) is 0 Å². The number of hydrogen-bond donors (Lipinski definition) is 1. The van der Waals surface area contributed by atoms with Gasteiger partial charge in [-0.1, -0.05) is 22.9 Å². The molecule has 0 spiro atoms. The van der Waals surface area contributed by atoms with Crippen molar-refractivity contribution in [3.63, 3.8) is 0 Å². The summed E-state index contributed by atoms with van der Waals surface area (Å²) in [5, 5.41) is 3.60. The minimum atomic E-state index is -3.57. The van der Waals surface area contributed by atoms with Crippen LogP contribution < -0.4 is 4.72 Å². The van der Waals surface area contributed by atoms with Gasteiger partial charge in [0.2, 0.25) is 15.9 Å². The predicted molar refractivity (Wildman–Crippen MR) is 69.0 cm³/mol. The molecule has 0 saturated heterocycles. The van der Waals surface area contributed by atoms with Crippen LogP contribution in [0.1, 0.15) is 22.8 Å². The van der Waals surface area contributed by atoms with E-state index in [0.717, 1.165) is 5.56 Å². The maximum Gasteiger partial charge on any atom is 0.241 e. The molecule has 1 aromatic carbocycles. The van der Waals surface area contributed by atoms with Crippen molar-refractivity contribution in [1.29, 1.82) is 0 Å². The third-order valence-electron chi connectivity index (χ3n) is 2.60. The number of benzene rings is 1. The molecule has 0 unspecified atom stereocenters. The minimum absolute atomic E-state index is 0.0174. The lowest BCUT2D eigenvalue weighted by Crippen LogP contribution is -2.24. The number of aromatic nitrogens is 2.